The quantitative estimate of drug-likeness (QED) is 0.800. The van der Waals surface area contributed by atoms with Gasteiger partial charge in [0.05, 0.1) is 16.4 Å². The Morgan fingerprint density at radius 1 is 1.22 bits per heavy atom. The fourth-order valence-corrected chi connectivity index (χ4v) is 2.45. The number of aromatic nitrogens is 5. The van der Waals surface area contributed by atoms with Crippen LogP contribution in [0.3, 0.4) is 0 Å². The molecule has 3 aromatic rings. The van der Waals surface area contributed by atoms with E-state index < -0.39 is 5.91 Å². The van der Waals surface area contributed by atoms with Crippen LogP contribution < -0.4 is 5.32 Å². The number of hydrogen-bond donors (Lipinski definition) is 1. The largest absolute Gasteiger partial charge is 0.304 e. The molecular formula is C15H15ClN6O. The van der Waals surface area contributed by atoms with Gasteiger partial charge < -0.3 is 5.32 Å². The number of benzene rings is 1. The number of rotatable bonds is 3. The van der Waals surface area contributed by atoms with E-state index in [9.17, 15) is 4.79 Å². The first-order chi connectivity index (χ1) is 11.0. The molecule has 0 saturated heterocycles. The molecule has 0 aliphatic carbocycles. The van der Waals surface area contributed by atoms with Crippen LogP contribution >= 0.6 is 11.6 Å². The number of hydrogen-bond acceptors (Lipinski definition) is 4. The fourth-order valence-electron chi connectivity index (χ4n) is 2.24. The smallest absolute Gasteiger partial charge is 0.296 e. The second-order valence-corrected chi connectivity index (χ2v) is 5.50. The highest BCUT2D eigenvalue weighted by Crippen LogP contribution is 2.20. The number of carbonyl (C=O) groups excluding carboxylic acids is 1. The van der Waals surface area contributed by atoms with Crippen molar-refractivity contribution in [1.29, 1.82) is 0 Å². The molecule has 118 valence electrons. The Labute approximate surface area is 137 Å². The van der Waals surface area contributed by atoms with Crippen molar-refractivity contribution >= 4 is 23.3 Å². The van der Waals surface area contributed by atoms with E-state index in [0.717, 1.165) is 5.69 Å². The van der Waals surface area contributed by atoms with Crippen molar-refractivity contribution in [3.8, 4) is 5.69 Å². The van der Waals surface area contributed by atoms with Crippen LogP contribution in [0.4, 0.5) is 5.82 Å². The van der Waals surface area contributed by atoms with Crippen LogP contribution in [0.5, 0.6) is 0 Å². The zero-order valence-electron chi connectivity index (χ0n) is 12.9. The molecule has 1 N–H and O–H groups in total. The molecule has 0 aliphatic heterocycles. The number of anilines is 1. The summed E-state index contributed by atoms with van der Waals surface area (Å²) in [5.41, 5.74) is 1.49. The molecule has 0 aliphatic rings. The number of carbonyl (C=O) groups is 1. The van der Waals surface area contributed by atoms with Gasteiger partial charge in [-0.3, -0.25) is 9.48 Å². The van der Waals surface area contributed by atoms with E-state index in [0.29, 0.717) is 22.4 Å². The van der Waals surface area contributed by atoms with Gasteiger partial charge in [0.15, 0.2) is 0 Å². The summed E-state index contributed by atoms with van der Waals surface area (Å²) < 4.78 is 3.14. The average molecular weight is 331 g/mol. The lowest BCUT2D eigenvalue weighted by Crippen LogP contribution is -2.16. The van der Waals surface area contributed by atoms with E-state index >= 15 is 0 Å². The molecule has 0 saturated carbocycles. The third-order valence-electron chi connectivity index (χ3n) is 3.30. The van der Waals surface area contributed by atoms with Crippen LogP contribution in [0.1, 0.15) is 22.1 Å². The van der Waals surface area contributed by atoms with Gasteiger partial charge in [-0.2, -0.15) is 5.10 Å². The fraction of sp³-hybridized carbons (Fsp3) is 0.200. The predicted octanol–water partition coefficient (Wildman–Crippen LogP) is 2.52. The van der Waals surface area contributed by atoms with Crippen LogP contribution in [-0.2, 0) is 7.05 Å². The van der Waals surface area contributed by atoms with Crippen LogP contribution in [0.2, 0.25) is 5.02 Å². The molecule has 0 radical (unpaired) electrons. The summed E-state index contributed by atoms with van der Waals surface area (Å²) in [6.07, 6.45) is 0. The summed E-state index contributed by atoms with van der Waals surface area (Å²) >= 11 is 6.17. The minimum atomic E-state index is -0.401. The maximum atomic E-state index is 12.3. The average Bonchev–Trinajstić information content (AvgIpc) is 3.02. The first-order valence-corrected chi connectivity index (χ1v) is 7.34. The van der Waals surface area contributed by atoms with E-state index in [1.807, 2.05) is 25.1 Å². The van der Waals surface area contributed by atoms with Gasteiger partial charge >= 0.3 is 0 Å². The molecular weight excluding hydrogens is 316 g/mol. The first-order valence-electron chi connectivity index (χ1n) is 6.96. The second kappa shape index (κ2) is 5.85. The molecule has 2 heterocycles. The zero-order chi connectivity index (χ0) is 16.6. The number of nitrogens with one attached hydrogen (secondary N) is 1. The van der Waals surface area contributed by atoms with Gasteiger partial charge in [0.25, 0.3) is 5.91 Å². The Kier molecular flexibility index (Phi) is 3.87. The summed E-state index contributed by atoms with van der Waals surface area (Å²) in [6.45, 7) is 3.62. The predicted molar refractivity (Wildman–Crippen MR) is 87.0 cm³/mol. The standard InChI is InChI=1S/C15H15ClN6O/c1-9-8-13(21(3)19-9)18-15(23)14-17-10(2)22(20-14)12-7-5-4-6-11(12)16/h4-8H,1-3H3,(H,18,23). The minimum absolute atomic E-state index is 0.0706. The van der Waals surface area contributed by atoms with E-state index in [4.69, 9.17) is 11.6 Å². The Morgan fingerprint density at radius 3 is 2.61 bits per heavy atom. The molecule has 2 aromatic heterocycles. The number of amides is 1. The van der Waals surface area contributed by atoms with Crippen molar-refractivity contribution in [2.24, 2.45) is 7.05 Å². The normalized spacial score (nSPS) is 10.8. The highest BCUT2D eigenvalue weighted by atomic mass is 35.5. The molecule has 3 rings (SSSR count). The van der Waals surface area contributed by atoms with E-state index in [-0.39, 0.29) is 5.82 Å². The Hall–Kier alpha value is -2.67. The number of nitrogens with zero attached hydrogens (tertiary/aromatic N) is 5. The van der Waals surface area contributed by atoms with Gasteiger partial charge in [-0.25, -0.2) is 9.67 Å². The Balaban J connectivity index is 1.90. The third kappa shape index (κ3) is 2.95. The van der Waals surface area contributed by atoms with Gasteiger partial charge in [-0.1, -0.05) is 23.7 Å². The maximum absolute atomic E-state index is 12.3. The van der Waals surface area contributed by atoms with Crippen LogP contribution in [-0.4, -0.2) is 30.5 Å². The summed E-state index contributed by atoms with van der Waals surface area (Å²) in [6, 6.07) is 9.03. The molecule has 1 amide bonds. The van der Waals surface area contributed by atoms with Crippen LogP contribution in [0.15, 0.2) is 30.3 Å². The lowest BCUT2D eigenvalue weighted by Gasteiger charge is -2.04. The van der Waals surface area contributed by atoms with Gasteiger partial charge in [0, 0.05) is 13.1 Å². The van der Waals surface area contributed by atoms with Crippen molar-refractivity contribution in [2.45, 2.75) is 13.8 Å². The van der Waals surface area contributed by atoms with E-state index in [2.05, 4.69) is 20.5 Å². The summed E-state index contributed by atoms with van der Waals surface area (Å²) in [5, 5.41) is 11.7. The molecule has 0 bridgehead atoms. The molecule has 0 unspecified atom stereocenters. The number of aryl methyl sites for hydroxylation is 3. The van der Waals surface area contributed by atoms with Gasteiger partial charge in [-0.15, -0.1) is 5.10 Å². The van der Waals surface area contributed by atoms with Crippen LogP contribution in [0.25, 0.3) is 5.69 Å². The lowest BCUT2D eigenvalue weighted by atomic mass is 10.3. The third-order valence-corrected chi connectivity index (χ3v) is 3.62. The van der Waals surface area contributed by atoms with E-state index in [1.54, 1.807) is 35.5 Å². The van der Waals surface area contributed by atoms with Crippen molar-refractivity contribution < 1.29 is 4.79 Å². The number of halogens is 1. The molecule has 7 nitrogen and oxygen atoms in total. The van der Waals surface area contributed by atoms with Crippen molar-refractivity contribution in [3.63, 3.8) is 0 Å². The van der Waals surface area contributed by atoms with Crippen LogP contribution in [0, 0.1) is 13.8 Å². The zero-order valence-corrected chi connectivity index (χ0v) is 13.7. The monoisotopic (exact) mass is 330 g/mol. The maximum Gasteiger partial charge on any atom is 0.296 e. The first kappa shape index (κ1) is 15.2. The molecule has 0 atom stereocenters. The summed E-state index contributed by atoms with van der Waals surface area (Å²) in [5.74, 6) is 0.826. The minimum Gasteiger partial charge on any atom is -0.304 e. The summed E-state index contributed by atoms with van der Waals surface area (Å²) in [4.78, 5) is 16.5. The molecule has 1 aromatic carbocycles. The second-order valence-electron chi connectivity index (χ2n) is 5.09. The van der Waals surface area contributed by atoms with Gasteiger partial charge in [0.2, 0.25) is 5.82 Å². The SMILES string of the molecule is Cc1cc(NC(=O)c2nc(C)n(-c3ccccc3Cl)n2)n(C)n1. The lowest BCUT2D eigenvalue weighted by molar-refractivity contribution is 0.101. The topological polar surface area (TPSA) is 77.6 Å². The van der Waals surface area contributed by atoms with Crippen molar-refractivity contribution in [2.75, 3.05) is 5.32 Å². The van der Waals surface area contributed by atoms with Crippen molar-refractivity contribution in [3.05, 3.63) is 52.7 Å². The molecule has 0 spiro atoms. The Morgan fingerprint density at radius 2 is 1.96 bits per heavy atom. The summed E-state index contributed by atoms with van der Waals surface area (Å²) in [7, 11) is 1.75. The van der Waals surface area contributed by atoms with Gasteiger partial charge in [0.1, 0.15) is 11.6 Å². The molecule has 8 heteroatoms. The van der Waals surface area contributed by atoms with Gasteiger partial charge in [-0.05, 0) is 26.0 Å². The van der Waals surface area contributed by atoms with E-state index in [1.165, 1.54) is 0 Å². The Bertz CT molecular complexity index is 882. The van der Waals surface area contributed by atoms with Crippen molar-refractivity contribution in [1.82, 2.24) is 24.5 Å². The molecule has 0 fully saturated rings. The highest BCUT2D eigenvalue weighted by Gasteiger charge is 2.17. The number of para-hydroxylation sites is 1. The molecule has 23 heavy (non-hydrogen) atoms. The highest BCUT2D eigenvalue weighted by molar-refractivity contribution is 6.32.